The maximum atomic E-state index is 13.4. The van der Waals surface area contributed by atoms with Crippen molar-refractivity contribution in [1.29, 1.82) is 0 Å². The Morgan fingerprint density at radius 1 is 1.47 bits per heavy atom. The molecule has 0 saturated carbocycles. The number of benzene rings is 1. The summed E-state index contributed by atoms with van der Waals surface area (Å²) in [4.78, 5) is -0.0161. The predicted molar refractivity (Wildman–Crippen MR) is 77.6 cm³/mol. The molecule has 1 atom stereocenters. The summed E-state index contributed by atoms with van der Waals surface area (Å²) in [6.07, 6.45) is 0.773. The zero-order chi connectivity index (χ0) is 13.3. The number of sulfonamides is 1. The van der Waals surface area contributed by atoms with Gasteiger partial charge in [0.2, 0.25) is 10.0 Å². The van der Waals surface area contributed by atoms with E-state index in [0.29, 0.717) is 6.54 Å². The van der Waals surface area contributed by atoms with E-state index in [1.54, 1.807) is 0 Å². The first-order chi connectivity index (χ1) is 8.43. The van der Waals surface area contributed by atoms with Gasteiger partial charge in [0.15, 0.2) is 0 Å². The SMILES string of the molecule is CN(C1CCNC1)S(=O)(=O)c1ccc(Br)c(F)c1.Cl. The molecule has 1 fully saturated rings. The molecule has 0 amide bonds. The van der Waals surface area contributed by atoms with Gasteiger partial charge in [0.05, 0.1) is 9.37 Å². The smallest absolute Gasteiger partial charge is 0.243 e. The van der Waals surface area contributed by atoms with Crippen molar-refractivity contribution in [3.05, 3.63) is 28.5 Å². The highest BCUT2D eigenvalue weighted by Gasteiger charge is 2.30. The molecule has 1 aliphatic heterocycles. The van der Waals surface area contributed by atoms with Crippen LogP contribution in [-0.4, -0.2) is 38.9 Å². The fourth-order valence-corrected chi connectivity index (χ4v) is 3.59. The van der Waals surface area contributed by atoms with Gasteiger partial charge in [0, 0.05) is 19.6 Å². The highest BCUT2D eigenvalue weighted by atomic mass is 79.9. The van der Waals surface area contributed by atoms with Crippen molar-refractivity contribution in [2.24, 2.45) is 0 Å². The van der Waals surface area contributed by atoms with E-state index in [1.807, 2.05) is 0 Å². The molecule has 1 unspecified atom stereocenters. The monoisotopic (exact) mass is 372 g/mol. The molecule has 4 nitrogen and oxygen atoms in total. The van der Waals surface area contributed by atoms with Crippen molar-refractivity contribution in [2.45, 2.75) is 17.4 Å². The zero-order valence-electron chi connectivity index (χ0n) is 10.3. The van der Waals surface area contributed by atoms with Crippen molar-refractivity contribution in [3.8, 4) is 0 Å². The summed E-state index contributed by atoms with van der Waals surface area (Å²) in [5, 5.41) is 3.11. The predicted octanol–water partition coefficient (Wildman–Crippen LogP) is 1.99. The third kappa shape index (κ3) is 3.46. The molecular formula is C11H15BrClFN2O2S. The van der Waals surface area contributed by atoms with Gasteiger partial charge in [0.25, 0.3) is 0 Å². The van der Waals surface area contributed by atoms with Gasteiger partial charge in [-0.25, -0.2) is 12.8 Å². The van der Waals surface area contributed by atoms with Crippen LogP contribution in [0.25, 0.3) is 0 Å². The molecule has 0 spiro atoms. The summed E-state index contributed by atoms with van der Waals surface area (Å²) in [5.74, 6) is -0.575. The van der Waals surface area contributed by atoms with E-state index >= 15 is 0 Å². The highest BCUT2D eigenvalue weighted by molar-refractivity contribution is 9.10. The normalized spacial score (nSPS) is 19.5. The summed E-state index contributed by atoms with van der Waals surface area (Å²) in [5.41, 5.74) is 0. The van der Waals surface area contributed by atoms with Gasteiger partial charge in [-0.3, -0.25) is 0 Å². The van der Waals surface area contributed by atoms with Gasteiger partial charge in [-0.05, 0) is 47.1 Å². The topological polar surface area (TPSA) is 49.4 Å². The lowest BCUT2D eigenvalue weighted by molar-refractivity contribution is 0.387. The molecule has 1 aliphatic rings. The molecule has 108 valence electrons. The Labute approximate surface area is 127 Å². The van der Waals surface area contributed by atoms with Crippen molar-refractivity contribution >= 4 is 38.4 Å². The summed E-state index contributed by atoms with van der Waals surface area (Å²) < 4.78 is 39.6. The lowest BCUT2D eigenvalue weighted by Crippen LogP contribution is -2.38. The first kappa shape index (κ1) is 16.8. The Kier molecular flexibility index (Phi) is 5.76. The lowest BCUT2D eigenvalue weighted by Gasteiger charge is -2.23. The quantitative estimate of drug-likeness (QED) is 0.881. The van der Waals surface area contributed by atoms with Crippen molar-refractivity contribution in [2.75, 3.05) is 20.1 Å². The van der Waals surface area contributed by atoms with Crippen LogP contribution in [0.1, 0.15) is 6.42 Å². The van der Waals surface area contributed by atoms with E-state index in [4.69, 9.17) is 0 Å². The largest absolute Gasteiger partial charge is 0.315 e. The molecule has 8 heteroatoms. The molecule has 1 heterocycles. The summed E-state index contributed by atoms with van der Waals surface area (Å²) in [7, 11) is -2.09. The molecule has 1 aromatic rings. The van der Waals surface area contributed by atoms with Crippen LogP contribution in [0.15, 0.2) is 27.6 Å². The molecule has 1 saturated heterocycles. The Hall–Kier alpha value is -0.210. The van der Waals surface area contributed by atoms with Crippen molar-refractivity contribution in [3.63, 3.8) is 0 Å². The minimum atomic E-state index is -3.63. The average Bonchev–Trinajstić information content (AvgIpc) is 2.85. The average molecular weight is 374 g/mol. The number of rotatable bonds is 3. The molecule has 0 radical (unpaired) electrons. The first-order valence-corrected chi connectivity index (χ1v) is 7.80. The van der Waals surface area contributed by atoms with Crippen LogP contribution >= 0.6 is 28.3 Å². The fourth-order valence-electron chi connectivity index (χ4n) is 1.95. The van der Waals surface area contributed by atoms with Gasteiger partial charge >= 0.3 is 0 Å². The molecular weight excluding hydrogens is 359 g/mol. The maximum absolute atomic E-state index is 13.4. The third-order valence-corrected chi connectivity index (χ3v) is 5.67. The van der Waals surface area contributed by atoms with Gasteiger partial charge in [-0.15, -0.1) is 12.4 Å². The van der Waals surface area contributed by atoms with E-state index in [2.05, 4.69) is 21.2 Å². The van der Waals surface area contributed by atoms with Crippen LogP contribution in [0, 0.1) is 5.82 Å². The molecule has 0 aliphatic carbocycles. The van der Waals surface area contributed by atoms with Crippen LogP contribution in [0.2, 0.25) is 0 Å². The minimum Gasteiger partial charge on any atom is -0.315 e. The van der Waals surface area contributed by atoms with Crippen LogP contribution in [-0.2, 0) is 10.0 Å². The fraction of sp³-hybridized carbons (Fsp3) is 0.455. The van der Waals surface area contributed by atoms with Crippen LogP contribution in [0.3, 0.4) is 0 Å². The van der Waals surface area contributed by atoms with E-state index in [9.17, 15) is 12.8 Å². The first-order valence-electron chi connectivity index (χ1n) is 5.57. The molecule has 2 rings (SSSR count). The Morgan fingerprint density at radius 3 is 2.68 bits per heavy atom. The van der Waals surface area contributed by atoms with Gasteiger partial charge in [0.1, 0.15) is 5.82 Å². The summed E-state index contributed by atoms with van der Waals surface area (Å²) >= 11 is 3.01. The minimum absolute atomic E-state index is 0. The molecule has 1 aromatic carbocycles. The molecule has 19 heavy (non-hydrogen) atoms. The second-order valence-corrected chi connectivity index (χ2v) is 7.10. The standard InChI is InChI=1S/C11H14BrFN2O2S.ClH/c1-15(8-4-5-14-7-8)18(16,17)9-2-3-10(12)11(13)6-9;/h2-3,6,8,14H,4-5,7H2,1H3;1H. The van der Waals surface area contributed by atoms with Gasteiger partial charge < -0.3 is 5.32 Å². The lowest BCUT2D eigenvalue weighted by atomic mass is 10.3. The summed E-state index contributed by atoms with van der Waals surface area (Å²) in [6, 6.07) is 3.78. The molecule has 0 bridgehead atoms. The Balaban J connectivity index is 0.00000180. The van der Waals surface area contributed by atoms with E-state index in [-0.39, 0.29) is 27.8 Å². The second kappa shape index (κ2) is 6.49. The summed E-state index contributed by atoms with van der Waals surface area (Å²) in [6.45, 7) is 1.44. The van der Waals surface area contributed by atoms with E-state index in [0.717, 1.165) is 19.0 Å². The number of likely N-dealkylation sites (N-methyl/N-ethyl adjacent to an activating group) is 1. The van der Waals surface area contributed by atoms with Crippen molar-refractivity contribution < 1.29 is 12.8 Å². The maximum Gasteiger partial charge on any atom is 0.243 e. The number of nitrogens with zero attached hydrogens (tertiary/aromatic N) is 1. The number of hydrogen-bond acceptors (Lipinski definition) is 3. The number of nitrogens with one attached hydrogen (secondary N) is 1. The van der Waals surface area contributed by atoms with Crippen LogP contribution < -0.4 is 5.32 Å². The Bertz CT molecular complexity index is 550. The van der Waals surface area contributed by atoms with Gasteiger partial charge in [-0.2, -0.15) is 4.31 Å². The van der Waals surface area contributed by atoms with E-state index < -0.39 is 15.8 Å². The van der Waals surface area contributed by atoms with Gasteiger partial charge in [-0.1, -0.05) is 0 Å². The van der Waals surface area contributed by atoms with Crippen LogP contribution in [0.5, 0.6) is 0 Å². The molecule has 0 aromatic heterocycles. The Morgan fingerprint density at radius 2 is 2.16 bits per heavy atom. The number of hydrogen-bond donors (Lipinski definition) is 1. The van der Waals surface area contributed by atoms with Crippen molar-refractivity contribution in [1.82, 2.24) is 9.62 Å². The third-order valence-electron chi connectivity index (χ3n) is 3.12. The van der Waals surface area contributed by atoms with Crippen LogP contribution in [0.4, 0.5) is 4.39 Å². The number of halogens is 3. The highest BCUT2D eigenvalue weighted by Crippen LogP contribution is 2.23. The van der Waals surface area contributed by atoms with E-state index in [1.165, 1.54) is 23.5 Å². The molecule has 1 N–H and O–H groups in total. The zero-order valence-corrected chi connectivity index (χ0v) is 13.5. The second-order valence-electron chi connectivity index (χ2n) is 4.24.